The van der Waals surface area contributed by atoms with Crippen molar-refractivity contribution in [3.8, 4) is 0 Å². The molecule has 3 heteroatoms. The third kappa shape index (κ3) is 3.58. The number of hydrogen-bond donors (Lipinski definition) is 1. The van der Waals surface area contributed by atoms with Crippen molar-refractivity contribution in [1.82, 2.24) is 5.32 Å². The average molecular weight is 284 g/mol. The zero-order valence-electron chi connectivity index (χ0n) is 9.58. The molecule has 88 valence electrons. The zero-order valence-corrected chi connectivity index (χ0v) is 11.2. The minimum atomic E-state index is 0.170. The van der Waals surface area contributed by atoms with E-state index in [2.05, 4.69) is 39.4 Å². The van der Waals surface area contributed by atoms with Crippen molar-refractivity contribution in [2.45, 2.75) is 31.9 Å². The second-order valence-electron chi connectivity index (χ2n) is 4.18. The highest BCUT2D eigenvalue weighted by molar-refractivity contribution is 9.10. The normalized spacial score (nSPS) is 17.4. The molecule has 1 N–H and O–H groups in total. The van der Waals surface area contributed by atoms with E-state index in [-0.39, 0.29) is 6.10 Å². The first-order valence-electron chi connectivity index (χ1n) is 5.90. The Morgan fingerprint density at radius 1 is 1.50 bits per heavy atom. The highest BCUT2D eigenvalue weighted by atomic mass is 79.9. The predicted octanol–water partition coefficient (Wildman–Crippen LogP) is 3.28. The molecule has 1 unspecified atom stereocenters. The molecule has 1 saturated carbocycles. The largest absolute Gasteiger partial charge is 0.372 e. The van der Waals surface area contributed by atoms with Crippen LogP contribution in [0.25, 0.3) is 0 Å². The van der Waals surface area contributed by atoms with Gasteiger partial charge in [-0.2, -0.15) is 0 Å². The van der Waals surface area contributed by atoms with E-state index in [1.54, 1.807) is 0 Å². The van der Waals surface area contributed by atoms with Gasteiger partial charge in [0, 0.05) is 23.7 Å². The first-order chi connectivity index (χ1) is 7.79. The van der Waals surface area contributed by atoms with Gasteiger partial charge in [-0.25, -0.2) is 0 Å². The highest BCUT2D eigenvalue weighted by Crippen LogP contribution is 2.23. The van der Waals surface area contributed by atoms with Gasteiger partial charge in [-0.3, -0.25) is 0 Å². The molecule has 0 heterocycles. The van der Waals surface area contributed by atoms with Crippen LogP contribution in [0.4, 0.5) is 0 Å². The van der Waals surface area contributed by atoms with E-state index in [1.165, 1.54) is 18.4 Å². The minimum Gasteiger partial charge on any atom is -0.372 e. The van der Waals surface area contributed by atoms with Gasteiger partial charge in [-0.05, 0) is 37.5 Å². The van der Waals surface area contributed by atoms with Crippen molar-refractivity contribution in [3.05, 3.63) is 34.3 Å². The molecular weight excluding hydrogens is 266 g/mol. The Bertz CT molecular complexity index is 338. The summed E-state index contributed by atoms with van der Waals surface area (Å²) in [5, 5.41) is 3.52. The number of nitrogens with one attached hydrogen (secondary N) is 1. The maximum atomic E-state index is 5.78. The standard InChI is InChI=1S/C13H18BrNO/c1-2-16-13(9-15-12-6-7-12)10-4-3-5-11(14)8-10/h3-5,8,12-13,15H,2,6-7,9H2,1H3. The van der Waals surface area contributed by atoms with Crippen LogP contribution < -0.4 is 5.32 Å². The van der Waals surface area contributed by atoms with Crippen molar-refractivity contribution in [1.29, 1.82) is 0 Å². The van der Waals surface area contributed by atoms with Gasteiger partial charge in [0.05, 0.1) is 6.10 Å². The van der Waals surface area contributed by atoms with Crippen molar-refractivity contribution < 1.29 is 4.74 Å². The van der Waals surface area contributed by atoms with Crippen LogP contribution in [0.3, 0.4) is 0 Å². The molecule has 1 atom stereocenters. The molecule has 0 bridgehead atoms. The van der Waals surface area contributed by atoms with E-state index >= 15 is 0 Å². The quantitative estimate of drug-likeness (QED) is 0.865. The van der Waals surface area contributed by atoms with E-state index in [0.29, 0.717) is 0 Å². The lowest BCUT2D eigenvalue weighted by Crippen LogP contribution is -2.25. The summed E-state index contributed by atoms with van der Waals surface area (Å²) >= 11 is 3.50. The van der Waals surface area contributed by atoms with Crippen LogP contribution in [-0.4, -0.2) is 19.2 Å². The molecule has 2 nitrogen and oxygen atoms in total. The Morgan fingerprint density at radius 2 is 2.31 bits per heavy atom. The molecule has 1 aromatic rings. The summed E-state index contributed by atoms with van der Waals surface area (Å²) < 4.78 is 6.89. The van der Waals surface area contributed by atoms with Gasteiger partial charge >= 0.3 is 0 Å². The SMILES string of the molecule is CCOC(CNC1CC1)c1cccc(Br)c1. The van der Waals surface area contributed by atoms with Crippen LogP contribution >= 0.6 is 15.9 Å². The van der Waals surface area contributed by atoms with Crippen molar-refractivity contribution in [2.75, 3.05) is 13.2 Å². The molecule has 0 aliphatic heterocycles. The fraction of sp³-hybridized carbons (Fsp3) is 0.538. The highest BCUT2D eigenvalue weighted by Gasteiger charge is 2.22. The minimum absolute atomic E-state index is 0.170. The summed E-state index contributed by atoms with van der Waals surface area (Å²) in [7, 11) is 0. The van der Waals surface area contributed by atoms with E-state index < -0.39 is 0 Å². The molecule has 0 radical (unpaired) electrons. The van der Waals surface area contributed by atoms with Gasteiger partial charge in [-0.15, -0.1) is 0 Å². The molecule has 1 aromatic carbocycles. The smallest absolute Gasteiger partial charge is 0.0949 e. The number of hydrogen-bond acceptors (Lipinski definition) is 2. The molecule has 0 saturated heterocycles. The maximum Gasteiger partial charge on any atom is 0.0949 e. The van der Waals surface area contributed by atoms with Crippen LogP contribution in [0.5, 0.6) is 0 Å². The monoisotopic (exact) mass is 283 g/mol. The van der Waals surface area contributed by atoms with Gasteiger partial charge in [0.1, 0.15) is 0 Å². The molecule has 1 fully saturated rings. The Morgan fingerprint density at radius 3 is 2.94 bits per heavy atom. The number of benzene rings is 1. The maximum absolute atomic E-state index is 5.78. The lowest BCUT2D eigenvalue weighted by Gasteiger charge is -2.18. The molecule has 1 aliphatic rings. The van der Waals surface area contributed by atoms with Gasteiger partial charge in [0.2, 0.25) is 0 Å². The second-order valence-corrected chi connectivity index (χ2v) is 5.10. The Kier molecular flexibility index (Phi) is 4.38. The summed E-state index contributed by atoms with van der Waals surface area (Å²) in [5.74, 6) is 0. The van der Waals surface area contributed by atoms with Crippen LogP contribution in [-0.2, 0) is 4.74 Å². The van der Waals surface area contributed by atoms with Crippen LogP contribution in [0.15, 0.2) is 28.7 Å². The third-order valence-electron chi connectivity index (χ3n) is 2.76. The molecule has 0 spiro atoms. The van der Waals surface area contributed by atoms with Gasteiger partial charge in [-0.1, -0.05) is 28.1 Å². The summed E-state index contributed by atoms with van der Waals surface area (Å²) in [6.07, 6.45) is 2.80. The van der Waals surface area contributed by atoms with Gasteiger partial charge < -0.3 is 10.1 Å². The summed E-state index contributed by atoms with van der Waals surface area (Å²) in [6, 6.07) is 9.09. The average Bonchev–Trinajstić information content (AvgIpc) is 3.08. The lowest BCUT2D eigenvalue weighted by atomic mass is 10.1. The molecule has 16 heavy (non-hydrogen) atoms. The van der Waals surface area contributed by atoms with Crippen molar-refractivity contribution in [3.63, 3.8) is 0 Å². The first kappa shape index (κ1) is 12.1. The van der Waals surface area contributed by atoms with E-state index in [0.717, 1.165) is 23.7 Å². The Balaban J connectivity index is 1.98. The van der Waals surface area contributed by atoms with E-state index in [4.69, 9.17) is 4.74 Å². The molecule has 0 aromatic heterocycles. The van der Waals surface area contributed by atoms with E-state index in [1.807, 2.05) is 13.0 Å². The predicted molar refractivity (Wildman–Crippen MR) is 69.5 cm³/mol. The van der Waals surface area contributed by atoms with Gasteiger partial charge in [0.15, 0.2) is 0 Å². The summed E-state index contributed by atoms with van der Waals surface area (Å²) in [4.78, 5) is 0. The summed E-state index contributed by atoms with van der Waals surface area (Å²) in [6.45, 7) is 3.71. The fourth-order valence-electron chi connectivity index (χ4n) is 1.74. The van der Waals surface area contributed by atoms with Crippen LogP contribution in [0.2, 0.25) is 0 Å². The van der Waals surface area contributed by atoms with Crippen molar-refractivity contribution >= 4 is 15.9 Å². The molecule has 2 rings (SSSR count). The molecule has 0 amide bonds. The van der Waals surface area contributed by atoms with E-state index in [9.17, 15) is 0 Å². The van der Waals surface area contributed by atoms with Crippen LogP contribution in [0, 0.1) is 0 Å². The second kappa shape index (κ2) is 5.80. The zero-order chi connectivity index (χ0) is 11.4. The van der Waals surface area contributed by atoms with Crippen molar-refractivity contribution in [2.24, 2.45) is 0 Å². The molecule has 1 aliphatic carbocycles. The molecular formula is C13H18BrNO. The Hall–Kier alpha value is -0.380. The fourth-order valence-corrected chi connectivity index (χ4v) is 2.16. The number of ether oxygens (including phenoxy) is 1. The topological polar surface area (TPSA) is 21.3 Å². The Labute approximate surface area is 106 Å². The van der Waals surface area contributed by atoms with Crippen LogP contribution in [0.1, 0.15) is 31.4 Å². The lowest BCUT2D eigenvalue weighted by molar-refractivity contribution is 0.0620. The number of halogens is 1. The van der Waals surface area contributed by atoms with Gasteiger partial charge in [0.25, 0.3) is 0 Å². The first-order valence-corrected chi connectivity index (χ1v) is 6.69. The summed E-state index contributed by atoms with van der Waals surface area (Å²) in [5.41, 5.74) is 1.24. The number of rotatable bonds is 6. The third-order valence-corrected chi connectivity index (χ3v) is 3.25.